The Bertz CT molecular complexity index is 393. The maximum absolute atomic E-state index is 12.3. The van der Waals surface area contributed by atoms with Crippen LogP contribution in [0.3, 0.4) is 0 Å². The van der Waals surface area contributed by atoms with Gasteiger partial charge in [0.05, 0.1) is 0 Å². The van der Waals surface area contributed by atoms with Crippen molar-refractivity contribution in [1.82, 2.24) is 0 Å². The lowest BCUT2D eigenvalue weighted by molar-refractivity contribution is -0.189. The van der Waals surface area contributed by atoms with Crippen LogP contribution >= 0.6 is 15.9 Å². The number of alkyl halides is 3. The molecule has 0 aliphatic heterocycles. The van der Waals surface area contributed by atoms with E-state index in [2.05, 4.69) is 15.9 Å². The third-order valence-electron chi connectivity index (χ3n) is 2.24. The SMILES string of the molecule is CC(N)c1ccc(OC(C)C(F)(F)F)cc1Br. The third kappa shape index (κ3) is 3.89. The van der Waals surface area contributed by atoms with Crippen LogP contribution in [0.25, 0.3) is 0 Å². The summed E-state index contributed by atoms with van der Waals surface area (Å²) in [6, 6.07) is 4.42. The topological polar surface area (TPSA) is 35.2 Å². The number of ether oxygens (including phenoxy) is 1. The zero-order valence-electron chi connectivity index (χ0n) is 9.38. The van der Waals surface area contributed by atoms with Crippen molar-refractivity contribution in [3.8, 4) is 5.75 Å². The minimum atomic E-state index is -4.37. The minimum absolute atomic E-state index is 0.158. The highest BCUT2D eigenvalue weighted by Gasteiger charge is 2.38. The smallest absolute Gasteiger partial charge is 0.425 e. The van der Waals surface area contributed by atoms with E-state index in [0.29, 0.717) is 4.47 Å². The highest BCUT2D eigenvalue weighted by molar-refractivity contribution is 9.10. The van der Waals surface area contributed by atoms with Gasteiger partial charge in [0.15, 0.2) is 6.10 Å². The third-order valence-corrected chi connectivity index (χ3v) is 2.92. The zero-order valence-corrected chi connectivity index (χ0v) is 11.0. The molecule has 0 radical (unpaired) electrons. The number of benzene rings is 1. The van der Waals surface area contributed by atoms with E-state index >= 15 is 0 Å². The van der Waals surface area contributed by atoms with Crippen molar-refractivity contribution >= 4 is 15.9 Å². The molecular weight excluding hydrogens is 299 g/mol. The normalized spacial score (nSPS) is 15.5. The zero-order chi connectivity index (χ0) is 13.2. The predicted octanol–water partition coefficient (Wildman–Crippen LogP) is 3.80. The van der Waals surface area contributed by atoms with Crippen LogP contribution in [0.15, 0.2) is 22.7 Å². The fourth-order valence-electron chi connectivity index (χ4n) is 1.22. The first-order valence-corrected chi connectivity index (χ1v) is 5.79. The maximum Gasteiger partial charge on any atom is 0.425 e. The van der Waals surface area contributed by atoms with Crippen LogP contribution in [0.5, 0.6) is 5.75 Å². The summed E-state index contributed by atoms with van der Waals surface area (Å²) in [7, 11) is 0. The van der Waals surface area contributed by atoms with Crippen LogP contribution in [0.2, 0.25) is 0 Å². The lowest BCUT2D eigenvalue weighted by Gasteiger charge is -2.18. The van der Waals surface area contributed by atoms with Crippen molar-refractivity contribution in [3.05, 3.63) is 28.2 Å². The molecule has 0 aliphatic carbocycles. The number of halogens is 4. The summed E-state index contributed by atoms with van der Waals surface area (Å²) in [5.74, 6) is 0.158. The van der Waals surface area contributed by atoms with Crippen molar-refractivity contribution in [2.45, 2.75) is 32.2 Å². The molecule has 0 heterocycles. The molecule has 0 spiro atoms. The average molecular weight is 312 g/mol. The van der Waals surface area contributed by atoms with Gasteiger partial charge in [0.25, 0.3) is 0 Å². The first-order chi connectivity index (χ1) is 7.71. The number of nitrogens with two attached hydrogens (primary N) is 1. The van der Waals surface area contributed by atoms with Gasteiger partial charge in [-0.2, -0.15) is 13.2 Å². The molecule has 2 unspecified atom stereocenters. The van der Waals surface area contributed by atoms with Gasteiger partial charge in [-0.05, 0) is 31.5 Å². The van der Waals surface area contributed by atoms with E-state index in [9.17, 15) is 13.2 Å². The predicted molar refractivity (Wildman–Crippen MR) is 62.9 cm³/mol. The lowest BCUT2D eigenvalue weighted by atomic mass is 10.1. The molecule has 0 saturated carbocycles. The maximum atomic E-state index is 12.3. The fraction of sp³-hybridized carbons (Fsp3) is 0.455. The van der Waals surface area contributed by atoms with Gasteiger partial charge in [-0.1, -0.05) is 22.0 Å². The molecule has 0 aliphatic rings. The van der Waals surface area contributed by atoms with Gasteiger partial charge in [-0.3, -0.25) is 0 Å². The van der Waals surface area contributed by atoms with E-state index in [1.54, 1.807) is 13.0 Å². The molecule has 0 fully saturated rings. The molecular formula is C11H13BrF3NO. The highest BCUT2D eigenvalue weighted by atomic mass is 79.9. The molecule has 2 atom stereocenters. The molecule has 96 valence electrons. The summed E-state index contributed by atoms with van der Waals surface area (Å²) in [6.07, 6.45) is -6.21. The van der Waals surface area contributed by atoms with Gasteiger partial charge in [0.1, 0.15) is 5.75 Å². The molecule has 0 amide bonds. The quantitative estimate of drug-likeness (QED) is 0.921. The van der Waals surface area contributed by atoms with Crippen molar-refractivity contribution in [2.24, 2.45) is 5.73 Å². The number of hydrogen-bond donors (Lipinski definition) is 1. The fourth-order valence-corrected chi connectivity index (χ4v) is 1.94. The van der Waals surface area contributed by atoms with Crippen molar-refractivity contribution in [1.29, 1.82) is 0 Å². The molecule has 2 N–H and O–H groups in total. The molecule has 0 aromatic heterocycles. The Kier molecular flexibility index (Phi) is 4.43. The standard InChI is InChI=1S/C11H13BrF3NO/c1-6(16)9-4-3-8(5-10(9)12)17-7(2)11(13,14)15/h3-7H,16H2,1-2H3. The highest BCUT2D eigenvalue weighted by Crippen LogP contribution is 2.29. The summed E-state index contributed by atoms with van der Waals surface area (Å²) >= 11 is 3.25. The Labute approximate surface area is 106 Å². The Morgan fingerprint density at radius 1 is 1.29 bits per heavy atom. The van der Waals surface area contributed by atoms with Crippen LogP contribution in [0.4, 0.5) is 13.2 Å². The first kappa shape index (κ1) is 14.3. The summed E-state index contributed by atoms with van der Waals surface area (Å²) in [6.45, 7) is 2.76. The van der Waals surface area contributed by atoms with Gasteiger partial charge in [0.2, 0.25) is 0 Å². The van der Waals surface area contributed by atoms with E-state index in [0.717, 1.165) is 12.5 Å². The second kappa shape index (κ2) is 5.27. The van der Waals surface area contributed by atoms with Crippen molar-refractivity contribution < 1.29 is 17.9 Å². The van der Waals surface area contributed by atoms with Crippen LogP contribution in [-0.2, 0) is 0 Å². The monoisotopic (exact) mass is 311 g/mol. The summed E-state index contributed by atoms with van der Waals surface area (Å²) in [5.41, 5.74) is 6.50. The van der Waals surface area contributed by atoms with E-state index in [1.165, 1.54) is 12.1 Å². The molecule has 1 rings (SSSR count). The largest absolute Gasteiger partial charge is 0.481 e. The van der Waals surface area contributed by atoms with E-state index in [-0.39, 0.29) is 11.8 Å². The Morgan fingerprint density at radius 2 is 1.88 bits per heavy atom. The Hall–Kier alpha value is -0.750. The molecule has 0 saturated heterocycles. The molecule has 17 heavy (non-hydrogen) atoms. The van der Waals surface area contributed by atoms with Gasteiger partial charge in [-0.25, -0.2) is 0 Å². The summed E-state index contributed by atoms with van der Waals surface area (Å²) in [4.78, 5) is 0. The average Bonchev–Trinajstić information content (AvgIpc) is 2.15. The van der Waals surface area contributed by atoms with Gasteiger partial charge in [0, 0.05) is 10.5 Å². The second-order valence-electron chi connectivity index (χ2n) is 3.77. The second-order valence-corrected chi connectivity index (χ2v) is 4.63. The molecule has 2 nitrogen and oxygen atoms in total. The van der Waals surface area contributed by atoms with E-state index in [4.69, 9.17) is 10.5 Å². The number of rotatable bonds is 3. The minimum Gasteiger partial charge on any atom is -0.481 e. The van der Waals surface area contributed by atoms with E-state index in [1.807, 2.05) is 0 Å². The molecule has 0 bridgehead atoms. The van der Waals surface area contributed by atoms with Crippen LogP contribution in [0, 0.1) is 0 Å². The van der Waals surface area contributed by atoms with Crippen molar-refractivity contribution in [2.75, 3.05) is 0 Å². The van der Waals surface area contributed by atoms with Gasteiger partial charge < -0.3 is 10.5 Å². The summed E-state index contributed by atoms with van der Waals surface area (Å²) < 4.78 is 42.3. The van der Waals surface area contributed by atoms with Crippen LogP contribution in [0.1, 0.15) is 25.5 Å². The van der Waals surface area contributed by atoms with Gasteiger partial charge in [-0.15, -0.1) is 0 Å². The Morgan fingerprint density at radius 3 is 2.29 bits per heavy atom. The summed E-state index contributed by atoms with van der Waals surface area (Å²) in [5, 5.41) is 0. The molecule has 1 aromatic rings. The van der Waals surface area contributed by atoms with Crippen LogP contribution in [-0.4, -0.2) is 12.3 Å². The molecule has 6 heteroatoms. The van der Waals surface area contributed by atoms with Crippen LogP contribution < -0.4 is 10.5 Å². The van der Waals surface area contributed by atoms with Gasteiger partial charge >= 0.3 is 6.18 Å². The number of hydrogen-bond acceptors (Lipinski definition) is 2. The molecule has 1 aromatic carbocycles. The van der Waals surface area contributed by atoms with Crippen molar-refractivity contribution in [3.63, 3.8) is 0 Å². The van der Waals surface area contributed by atoms with E-state index < -0.39 is 12.3 Å². The lowest BCUT2D eigenvalue weighted by Crippen LogP contribution is -2.31. The first-order valence-electron chi connectivity index (χ1n) is 5.00. The Balaban J connectivity index is 2.85.